The Kier molecular flexibility index (Phi) is 3.91. The highest BCUT2D eigenvalue weighted by Gasteiger charge is 2.59. The quantitative estimate of drug-likeness (QED) is 0.776. The Balaban J connectivity index is 1.56. The summed E-state index contributed by atoms with van der Waals surface area (Å²) in [5.41, 5.74) is 0.208. The van der Waals surface area contributed by atoms with Crippen molar-refractivity contribution in [3.63, 3.8) is 0 Å². The summed E-state index contributed by atoms with van der Waals surface area (Å²) in [6.07, 6.45) is 7.02. The van der Waals surface area contributed by atoms with Crippen molar-refractivity contribution in [1.29, 1.82) is 0 Å². The van der Waals surface area contributed by atoms with Crippen molar-refractivity contribution >= 4 is 6.03 Å². The van der Waals surface area contributed by atoms with Gasteiger partial charge in [0.25, 0.3) is 0 Å². The molecule has 3 aliphatic carbocycles. The van der Waals surface area contributed by atoms with E-state index in [2.05, 4.69) is 5.32 Å². The fourth-order valence-corrected chi connectivity index (χ4v) is 3.82. The zero-order valence-corrected chi connectivity index (χ0v) is 12.3. The molecule has 5 heteroatoms. The van der Waals surface area contributed by atoms with Crippen LogP contribution in [0.4, 0.5) is 4.79 Å². The molecule has 3 fully saturated rings. The fraction of sp³-hybridized carbons (Fsp3) is 0.933. The van der Waals surface area contributed by atoms with Gasteiger partial charge in [-0.3, -0.25) is 0 Å². The fourth-order valence-electron chi connectivity index (χ4n) is 3.82. The monoisotopic (exact) mass is 282 g/mol. The van der Waals surface area contributed by atoms with E-state index in [1.54, 1.807) is 4.90 Å². The van der Waals surface area contributed by atoms with Crippen molar-refractivity contribution in [1.82, 2.24) is 10.2 Å². The average molecular weight is 282 g/mol. The molecule has 0 saturated heterocycles. The van der Waals surface area contributed by atoms with Crippen LogP contribution in [0.1, 0.15) is 45.4 Å². The van der Waals surface area contributed by atoms with Crippen LogP contribution in [0.3, 0.4) is 0 Å². The first-order valence-corrected chi connectivity index (χ1v) is 8.01. The van der Waals surface area contributed by atoms with Gasteiger partial charge in [-0.1, -0.05) is 6.42 Å². The molecule has 5 nitrogen and oxygen atoms in total. The molecule has 0 bridgehead atoms. The van der Waals surface area contributed by atoms with Crippen LogP contribution in [0.15, 0.2) is 0 Å². The van der Waals surface area contributed by atoms with Gasteiger partial charge >= 0.3 is 6.03 Å². The Hall–Kier alpha value is -0.810. The molecule has 0 aliphatic heterocycles. The molecule has 2 amide bonds. The molecule has 3 aliphatic rings. The first kappa shape index (κ1) is 14.1. The molecular formula is C15H26N2O3. The standard InChI is InChI=1S/C15H26N2O3/c1-2-20-13-10-12(15(13)6-3-7-15)16-14(19)17(8-9-18)11-4-5-11/h11-13,18H,2-10H2,1H3,(H,16,19)/t12-,13+/m1/s1. The van der Waals surface area contributed by atoms with Crippen molar-refractivity contribution in [2.45, 2.75) is 63.6 Å². The van der Waals surface area contributed by atoms with E-state index in [1.165, 1.54) is 19.3 Å². The summed E-state index contributed by atoms with van der Waals surface area (Å²) < 4.78 is 5.81. The highest BCUT2D eigenvalue weighted by Crippen LogP contribution is 2.57. The van der Waals surface area contributed by atoms with Crippen molar-refractivity contribution in [2.75, 3.05) is 19.8 Å². The molecule has 20 heavy (non-hydrogen) atoms. The summed E-state index contributed by atoms with van der Waals surface area (Å²) in [6.45, 7) is 3.28. The topological polar surface area (TPSA) is 61.8 Å². The number of urea groups is 1. The van der Waals surface area contributed by atoms with E-state index in [-0.39, 0.29) is 24.1 Å². The first-order valence-electron chi connectivity index (χ1n) is 8.01. The normalized spacial score (nSPS) is 30.5. The van der Waals surface area contributed by atoms with Gasteiger partial charge in [-0.15, -0.1) is 0 Å². The summed E-state index contributed by atoms with van der Waals surface area (Å²) in [7, 11) is 0. The predicted molar refractivity (Wildman–Crippen MR) is 75.4 cm³/mol. The average Bonchev–Trinajstić information content (AvgIpc) is 3.16. The van der Waals surface area contributed by atoms with Crippen molar-refractivity contribution in [3.8, 4) is 0 Å². The molecule has 0 unspecified atom stereocenters. The van der Waals surface area contributed by atoms with Crippen LogP contribution < -0.4 is 5.32 Å². The van der Waals surface area contributed by atoms with E-state index in [0.29, 0.717) is 18.7 Å². The van der Waals surface area contributed by atoms with Gasteiger partial charge in [0.05, 0.1) is 12.7 Å². The number of carbonyl (C=O) groups excluding carboxylic acids is 1. The zero-order chi connectivity index (χ0) is 14.2. The molecule has 2 N–H and O–H groups in total. The minimum Gasteiger partial charge on any atom is -0.395 e. The first-order chi connectivity index (χ1) is 9.71. The summed E-state index contributed by atoms with van der Waals surface area (Å²) in [4.78, 5) is 14.2. The Bertz CT molecular complexity index is 366. The summed E-state index contributed by atoms with van der Waals surface area (Å²) in [5, 5.41) is 12.3. The number of nitrogens with zero attached hydrogens (tertiary/aromatic N) is 1. The van der Waals surface area contributed by atoms with Crippen LogP contribution in [0, 0.1) is 5.41 Å². The maximum atomic E-state index is 12.4. The molecule has 1 spiro atoms. The molecular weight excluding hydrogens is 256 g/mol. The molecule has 114 valence electrons. The molecule has 0 heterocycles. The Morgan fingerprint density at radius 2 is 2.20 bits per heavy atom. The molecule has 0 aromatic carbocycles. The zero-order valence-electron chi connectivity index (χ0n) is 12.3. The minimum absolute atomic E-state index is 0.00720. The molecule has 0 aromatic heterocycles. The number of aliphatic hydroxyl groups is 1. The van der Waals surface area contributed by atoms with E-state index in [9.17, 15) is 4.79 Å². The van der Waals surface area contributed by atoms with Gasteiger partial charge < -0.3 is 20.1 Å². The lowest BCUT2D eigenvalue weighted by Gasteiger charge is -2.61. The second-order valence-electron chi connectivity index (χ2n) is 6.42. The number of aliphatic hydroxyl groups excluding tert-OH is 1. The summed E-state index contributed by atoms with van der Waals surface area (Å²) in [6, 6.07) is 0.621. The third-order valence-corrected chi connectivity index (χ3v) is 5.32. The Labute approximate surface area is 120 Å². The second-order valence-corrected chi connectivity index (χ2v) is 6.42. The van der Waals surface area contributed by atoms with Crippen molar-refractivity contribution in [2.24, 2.45) is 5.41 Å². The van der Waals surface area contributed by atoms with E-state index in [0.717, 1.165) is 25.9 Å². The predicted octanol–water partition coefficient (Wildman–Crippen LogP) is 1.50. The highest BCUT2D eigenvalue weighted by atomic mass is 16.5. The lowest BCUT2D eigenvalue weighted by Crippen LogP contribution is -2.68. The van der Waals surface area contributed by atoms with Crippen LogP contribution >= 0.6 is 0 Å². The maximum absolute atomic E-state index is 12.4. The molecule has 3 rings (SSSR count). The molecule has 0 radical (unpaired) electrons. The van der Waals surface area contributed by atoms with Crippen molar-refractivity contribution in [3.05, 3.63) is 0 Å². The second kappa shape index (κ2) is 5.53. The van der Waals surface area contributed by atoms with E-state index in [1.807, 2.05) is 6.92 Å². The molecule has 2 atom stereocenters. The minimum atomic E-state index is 0.00720. The Morgan fingerprint density at radius 1 is 1.45 bits per heavy atom. The third kappa shape index (κ3) is 2.31. The van der Waals surface area contributed by atoms with Crippen LogP contribution in [-0.2, 0) is 4.74 Å². The SMILES string of the molecule is CCO[C@H]1C[C@@H](NC(=O)N(CCO)C2CC2)C12CCC2. The maximum Gasteiger partial charge on any atom is 0.317 e. The van der Waals surface area contributed by atoms with Gasteiger partial charge in [0.2, 0.25) is 0 Å². The number of carbonyl (C=O) groups is 1. The Morgan fingerprint density at radius 3 is 2.70 bits per heavy atom. The third-order valence-electron chi connectivity index (χ3n) is 5.32. The number of hydrogen-bond donors (Lipinski definition) is 2. The number of hydrogen-bond acceptors (Lipinski definition) is 3. The van der Waals surface area contributed by atoms with Gasteiger partial charge in [-0.25, -0.2) is 4.79 Å². The number of nitrogens with one attached hydrogen (secondary N) is 1. The lowest BCUT2D eigenvalue weighted by atomic mass is 9.51. The number of amides is 2. The van der Waals surface area contributed by atoms with Crippen molar-refractivity contribution < 1.29 is 14.6 Å². The van der Waals surface area contributed by atoms with Crippen LogP contribution in [0.5, 0.6) is 0 Å². The van der Waals surface area contributed by atoms with Gasteiger partial charge in [0, 0.05) is 30.7 Å². The van der Waals surface area contributed by atoms with E-state index >= 15 is 0 Å². The van der Waals surface area contributed by atoms with Crippen LogP contribution in [0.2, 0.25) is 0 Å². The van der Waals surface area contributed by atoms with Gasteiger partial charge in [0.15, 0.2) is 0 Å². The highest BCUT2D eigenvalue weighted by molar-refractivity contribution is 5.75. The smallest absolute Gasteiger partial charge is 0.317 e. The van der Waals surface area contributed by atoms with E-state index in [4.69, 9.17) is 9.84 Å². The van der Waals surface area contributed by atoms with Crippen LogP contribution in [0.25, 0.3) is 0 Å². The number of ether oxygens (including phenoxy) is 1. The van der Waals surface area contributed by atoms with Gasteiger partial charge in [-0.05, 0) is 39.0 Å². The molecule has 0 aromatic rings. The summed E-state index contributed by atoms with van der Waals surface area (Å²) >= 11 is 0. The largest absolute Gasteiger partial charge is 0.395 e. The van der Waals surface area contributed by atoms with Crippen LogP contribution in [-0.4, -0.2) is 54.0 Å². The number of rotatable bonds is 6. The van der Waals surface area contributed by atoms with Gasteiger partial charge in [0.1, 0.15) is 0 Å². The summed E-state index contributed by atoms with van der Waals surface area (Å²) in [5.74, 6) is 0. The van der Waals surface area contributed by atoms with E-state index < -0.39 is 0 Å². The van der Waals surface area contributed by atoms with Gasteiger partial charge in [-0.2, -0.15) is 0 Å². The molecule has 3 saturated carbocycles. The lowest BCUT2D eigenvalue weighted by molar-refractivity contribution is -0.170.